The number of aryl methyl sites for hydroxylation is 1. The first-order valence-corrected chi connectivity index (χ1v) is 9.01. The molecule has 6 nitrogen and oxygen atoms in total. The SMILES string of the molecule is CCOP(=O)(OCC)C(F)(F)Cc1nc2ccccc2n(C)c1=O. The van der Waals surface area contributed by atoms with Gasteiger partial charge in [0.15, 0.2) is 0 Å². The molecular formula is C15H19F2N2O4P. The lowest BCUT2D eigenvalue weighted by Crippen LogP contribution is -2.31. The summed E-state index contributed by atoms with van der Waals surface area (Å²) in [6, 6.07) is 6.68. The maximum absolute atomic E-state index is 14.5. The van der Waals surface area contributed by atoms with E-state index in [0.29, 0.717) is 11.0 Å². The van der Waals surface area contributed by atoms with E-state index in [9.17, 15) is 18.1 Å². The van der Waals surface area contributed by atoms with Crippen LogP contribution in [0.15, 0.2) is 29.1 Å². The molecule has 0 atom stereocenters. The molecule has 0 aliphatic rings. The van der Waals surface area contributed by atoms with Crippen molar-refractivity contribution in [1.82, 2.24) is 9.55 Å². The van der Waals surface area contributed by atoms with Crippen molar-refractivity contribution >= 4 is 18.6 Å². The normalized spacial score (nSPS) is 12.7. The number of alkyl halides is 2. The minimum absolute atomic E-state index is 0.198. The predicted molar refractivity (Wildman–Crippen MR) is 86.5 cm³/mol. The highest BCUT2D eigenvalue weighted by atomic mass is 31.2. The van der Waals surface area contributed by atoms with Crippen LogP contribution < -0.4 is 5.56 Å². The van der Waals surface area contributed by atoms with Crippen molar-refractivity contribution in [1.29, 1.82) is 0 Å². The fourth-order valence-electron chi connectivity index (χ4n) is 2.32. The van der Waals surface area contributed by atoms with Crippen molar-refractivity contribution in [2.24, 2.45) is 7.05 Å². The Morgan fingerprint density at radius 3 is 2.38 bits per heavy atom. The van der Waals surface area contributed by atoms with E-state index in [-0.39, 0.29) is 18.9 Å². The van der Waals surface area contributed by atoms with Crippen LogP contribution in [0.4, 0.5) is 8.78 Å². The summed E-state index contributed by atoms with van der Waals surface area (Å²) in [7, 11) is -3.23. The molecule has 0 bridgehead atoms. The standard InChI is InChI=1S/C15H19F2N2O4P/c1-4-22-24(21,23-5-2)15(16,17)10-12-14(20)19(3)13-9-7-6-8-11(13)18-12/h6-9H,4-5,10H2,1-3H3. The molecule has 0 fully saturated rings. The van der Waals surface area contributed by atoms with E-state index in [2.05, 4.69) is 4.98 Å². The zero-order chi connectivity index (χ0) is 18.0. The molecule has 0 amide bonds. The second kappa shape index (κ2) is 7.09. The molecule has 9 heteroatoms. The number of aromatic nitrogens is 2. The molecule has 0 saturated carbocycles. The molecule has 0 saturated heterocycles. The van der Waals surface area contributed by atoms with E-state index in [1.807, 2.05) is 0 Å². The lowest BCUT2D eigenvalue weighted by molar-refractivity contribution is 0.0382. The number of benzene rings is 1. The van der Waals surface area contributed by atoms with Crippen LogP contribution in [0.1, 0.15) is 19.5 Å². The third-order valence-corrected chi connectivity index (χ3v) is 5.58. The second-order valence-electron chi connectivity index (χ2n) is 5.09. The maximum atomic E-state index is 14.5. The van der Waals surface area contributed by atoms with Crippen molar-refractivity contribution in [2.75, 3.05) is 13.2 Å². The highest BCUT2D eigenvalue weighted by Crippen LogP contribution is 2.62. The lowest BCUT2D eigenvalue weighted by Gasteiger charge is -2.25. The monoisotopic (exact) mass is 360 g/mol. The summed E-state index contributed by atoms with van der Waals surface area (Å²) in [4.78, 5) is 16.3. The summed E-state index contributed by atoms with van der Waals surface area (Å²) < 4.78 is 52.1. The Morgan fingerprint density at radius 2 is 1.79 bits per heavy atom. The quantitative estimate of drug-likeness (QED) is 0.709. The van der Waals surface area contributed by atoms with E-state index < -0.39 is 25.2 Å². The van der Waals surface area contributed by atoms with Crippen LogP contribution in [-0.4, -0.2) is 28.4 Å². The topological polar surface area (TPSA) is 70.4 Å². The molecule has 132 valence electrons. The van der Waals surface area contributed by atoms with Crippen LogP contribution >= 0.6 is 7.60 Å². The molecule has 0 unspecified atom stereocenters. The van der Waals surface area contributed by atoms with Crippen molar-refractivity contribution in [3.05, 3.63) is 40.3 Å². The van der Waals surface area contributed by atoms with Gasteiger partial charge in [0, 0.05) is 7.05 Å². The van der Waals surface area contributed by atoms with Crippen LogP contribution in [0.2, 0.25) is 0 Å². The summed E-state index contributed by atoms with van der Waals surface area (Å²) >= 11 is 0. The van der Waals surface area contributed by atoms with Gasteiger partial charge in [-0.1, -0.05) is 12.1 Å². The highest BCUT2D eigenvalue weighted by Gasteiger charge is 2.54. The number of hydrogen-bond acceptors (Lipinski definition) is 5. The Bertz CT molecular complexity index is 828. The minimum Gasteiger partial charge on any atom is -0.308 e. The highest BCUT2D eigenvalue weighted by molar-refractivity contribution is 7.55. The largest absolute Gasteiger partial charge is 0.399 e. The van der Waals surface area contributed by atoms with Gasteiger partial charge in [0.2, 0.25) is 0 Å². The van der Waals surface area contributed by atoms with Gasteiger partial charge in [-0.05, 0) is 26.0 Å². The molecule has 1 aromatic heterocycles. The molecule has 0 radical (unpaired) electrons. The van der Waals surface area contributed by atoms with Crippen LogP contribution in [-0.2, 0) is 27.1 Å². The van der Waals surface area contributed by atoms with E-state index in [0.717, 1.165) is 0 Å². The fourth-order valence-corrected chi connectivity index (χ4v) is 3.79. The van der Waals surface area contributed by atoms with Gasteiger partial charge in [-0.2, -0.15) is 8.78 Å². The summed E-state index contributed by atoms with van der Waals surface area (Å²) in [5.41, 5.74) is -4.00. The van der Waals surface area contributed by atoms with Gasteiger partial charge in [0.1, 0.15) is 5.69 Å². The number of hydrogen-bond donors (Lipinski definition) is 0. The van der Waals surface area contributed by atoms with Gasteiger partial charge in [0.05, 0.1) is 30.7 Å². The van der Waals surface area contributed by atoms with E-state index >= 15 is 0 Å². The van der Waals surface area contributed by atoms with Gasteiger partial charge in [-0.3, -0.25) is 9.36 Å². The molecule has 24 heavy (non-hydrogen) atoms. The predicted octanol–water partition coefficient (Wildman–Crippen LogP) is 3.33. The maximum Gasteiger partial charge on any atom is 0.399 e. The number of rotatable bonds is 7. The van der Waals surface area contributed by atoms with Crippen molar-refractivity contribution < 1.29 is 22.4 Å². The zero-order valence-electron chi connectivity index (χ0n) is 13.7. The molecule has 2 aromatic rings. The van der Waals surface area contributed by atoms with Crippen LogP contribution in [0.25, 0.3) is 11.0 Å². The zero-order valence-corrected chi connectivity index (χ0v) is 14.6. The van der Waals surface area contributed by atoms with Crippen LogP contribution in [0.5, 0.6) is 0 Å². The Hall–Kier alpha value is -1.63. The van der Waals surface area contributed by atoms with E-state index in [1.165, 1.54) is 25.5 Å². The van der Waals surface area contributed by atoms with Crippen LogP contribution in [0, 0.1) is 0 Å². The molecule has 0 spiro atoms. The summed E-state index contributed by atoms with van der Waals surface area (Å²) in [6.45, 7) is 2.48. The smallest absolute Gasteiger partial charge is 0.308 e. The van der Waals surface area contributed by atoms with Gasteiger partial charge in [0.25, 0.3) is 5.56 Å². The van der Waals surface area contributed by atoms with Crippen LogP contribution in [0.3, 0.4) is 0 Å². The third kappa shape index (κ3) is 3.41. The molecule has 0 aliphatic carbocycles. The number of halogens is 2. The average Bonchev–Trinajstić information content (AvgIpc) is 2.52. The van der Waals surface area contributed by atoms with Crippen molar-refractivity contribution in [3.8, 4) is 0 Å². The Morgan fingerprint density at radius 1 is 1.21 bits per heavy atom. The van der Waals surface area contributed by atoms with E-state index in [1.54, 1.807) is 24.3 Å². The molecule has 1 aromatic carbocycles. The Labute approximate surface area is 137 Å². The van der Waals surface area contributed by atoms with Gasteiger partial charge < -0.3 is 13.6 Å². The molecule has 1 heterocycles. The first-order chi connectivity index (χ1) is 11.3. The lowest BCUT2D eigenvalue weighted by atomic mass is 10.2. The third-order valence-electron chi connectivity index (χ3n) is 3.43. The first kappa shape index (κ1) is 18.7. The number of para-hydroxylation sites is 2. The summed E-state index contributed by atoms with van der Waals surface area (Å²) in [5.74, 6) is 0. The van der Waals surface area contributed by atoms with Gasteiger partial charge in [-0.15, -0.1) is 0 Å². The summed E-state index contributed by atoms with van der Waals surface area (Å²) in [5, 5.41) is 0. The number of fused-ring (bicyclic) bond motifs is 1. The molecule has 2 rings (SSSR count). The first-order valence-electron chi connectivity index (χ1n) is 7.47. The average molecular weight is 360 g/mol. The van der Waals surface area contributed by atoms with Gasteiger partial charge >= 0.3 is 13.3 Å². The van der Waals surface area contributed by atoms with Crippen molar-refractivity contribution in [2.45, 2.75) is 25.9 Å². The second-order valence-corrected chi connectivity index (χ2v) is 7.25. The Balaban J connectivity index is 2.49. The Kier molecular flexibility index (Phi) is 5.52. The molecule has 0 aliphatic heterocycles. The minimum atomic E-state index is -4.70. The van der Waals surface area contributed by atoms with Crippen molar-refractivity contribution in [3.63, 3.8) is 0 Å². The van der Waals surface area contributed by atoms with Gasteiger partial charge in [-0.25, -0.2) is 4.98 Å². The molecule has 0 N–H and O–H groups in total. The summed E-state index contributed by atoms with van der Waals surface area (Å²) in [6.07, 6.45) is -1.12. The fraction of sp³-hybridized carbons (Fsp3) is 0.467. The molecular weight excluding hydrogens is 341 g/mol. The number of nitrogens with zero attached hydrogens (tertiary/aromatic N) is 2. The van der Waals surface area contributed by atoms with E-state index in [4.69, 9.17) is 9.05 Å².